The van der Waals surface area contributed by atoms with Crippen LogP contribution in [0, 0.1) is 11.7 Å². The number of hydrogen-bond acceptors (Lipinski definition) is 4. The number of ether oxygens (including phenoxy) is 2. The van der Waals surface area contributed by atoms with Gasteiger partial charge < -0.3 is 14.6 Å². The van der Waals surface area contributed by atoms with Crippen molar-refractivity contribution in [2.24, 2.45) is 5.92 Å². The standard InChI is InChI=1S/C28H27F4NO3/c1-27(2,34)7-8-35-20-5-3-16(4-6-20)22-11-19(25(29)13-24(22)28(30,31)32)15-36-26-12-18-9-17-10-21(17)23(18)14-33-26/h3-6,11-14,17,21,34H,7-10,15H2,1-2H3. The third kappa shape index (κ3) is 5.33. The van der Waals surface area contributed by atoms with Gasteiger partial charge in [0.05, 0.1) is 17.8 Å². The number of nitrogens with zero attached hydrogens (tertiary/aromatic N) is 1. The van der Waals surface area contributed by atoms with Crippen molar-refractivity contribution in [3.63, 3.8) is 0 Å². The summed E-state index contributed by atoms with van der Waals surface area (Å²) < 4.78 is 67.2. The van der Waals surface area contributed by atoms with Crippen LogP contribution in [-0.4, -0.2) is 22.3 Å². The molecule has 2 aliphatic carbocycles. The number of aliphatic hydroxyl groups is 1. The normalized spacial score (nSPS) is 18.5. The van der Waals surface area contributed by atoms with Crippen LogP contribution in [0.25, 0.3) is 11.1 Å². The van der Waals surface area contributed by atoms with Crippen molar-refractivity contribution < 1.29 is 32.1 Å². The van der Waals surface area contributed by atoms with Crippen molar-refractivity contribution in [1.29, 1.82) is 0 Å². The third-order valence-corrected chi connectivity index (χ3v) is 6.82. The van der Waals surface area contributed by atoms with E-state index in [4.69, 9.17) is 9.47 Å². The summed E-state index contributed by atoms with van der Waals surface area (Å²) in [5.74, 6) is 1.09. The fraction of sp³-hybridized carbons (Fsp3) is 0.393. The Morgan fingerprint density at radius 2 is 1.81 bits per heavy atom. The fourth-order valence-electron chi connectivity index (χ4n) is 4.72. The van der Waals surface area contributed by atoms with Gasteiger partial charge in [0.1, 0.15) is 18.2 Å². The number of aromatic nitrogens is 1. The van der Waals surface area contributed by atoms with Gasteiger partial charge in [0, 0.05) is 24.2 Å². The van der Waals surface area contributed by atoms with Gasteiger partial charge in [-0.3, -0.25) is 0 Å². The predicted octanol–water partition coefficient (Wildman–Crippen LogP) is 6.68. The van der Waals surface area contributed by atoms with E-state index in [1.54, 1.807) is 32.2 Å². The van der Waals surface area contributed by atoms with Gasteiger partial charge in [0.15, 0.2) is 0 Å². The van der Waals surface area contributed by atoms with Crippen LogP contribution in [-0.2, 0) is 19.2 Å². The molecule has 2 unspecified atom stereocenters. The molecule has 36 heavy (non-hydrogen) atoms. The summed E-state index contributed by atoms with van der Waals surface area (Å²) in [5.41, 5.74) is 0.607. The molecule has 0 amide bonds. The zero-order chi connectivity index (χ0) is 25.7. The first kappa shape index (κ1) is 24.6. The molecule has 1 fully saturated rings. The molecule has 0 saturated heterocycles. The molecule has 1 heterocycles. The summed E-state index contributed by atoms with van der Waals surface area (Å²) in [6.45, 7) is 3.34. The van der Waals surface area contributed by atoms with Crippen LogP contribution in [0.2, 0.25) is 0 Å². The summed E-state index contributed by atoms with van der Waals surface area (Å²) in [7, 11) is 0. The minimum atomic E-state index is -4.74. The highest BCUT2D eigenvalue weighted by molar-refractivity contribution is 5.69. The molecule has 3 aromatic rings. The largest absolute Gasteiger partial charge is 0.493 e. The SMILES string of the molecule is CC(C)(O)CCOc1ccc(-c2cc(COc3cc4c(cn3)C3CC3C4)c(F)cc2C(F)(F)F)cc1. The summed E-state index contributed by atoms with van der Waals surface area (Å²) in [6, 6.07) is 9.66. The summed E-state index contributed by atoms with van der Waals surface area (Å²) >= 11 is 0. The summed E-state index contributed by atoms with van der Waals surface area (Å²) in [6.07, 6.45) is -0.367. The molecule has 0 spiro atoms. The van der Waals surface area contributed by atoms with Gasteiger partial charge in [-0.1, -0.05) is 12.1 Å². The van der Waals surface area contributed by atoms with E-state index in [2.05, 4.69) is 4.98 Å². The highest BCUT2D eigenvalue weighted by Crippen LogP contribution is 2.56. The van der Waals surface area contributed by atoms with Gasteiger partial charge in [0.2, 0.25) is 5.88 Å². The lowest BCUT2D eigenvalue weighted by molar-refractivity contribution is -0.137. The fourth-order valence-corrected chi connectivity index (χ4v) is 4.72. The zero-order valence-corrected chi connectivity index (χ0v) is 20.0. The Morgan fingerprint density at radius 1 is 1.06 bits per heavy atom. The minimum Gasteiger partial charge on any atom is -0.493 e. The molecule has 1 N–H and O–H groups in total. The Bertz CT molecular complexity index is 1270. The molecule has 0 aliphatic heterocycles. The van der Waals surface area contributed by atoms with Crippen LogP contribution in [0.1, 0.15) is 54.9 Å². The van der Waals surface area contributed by atoms with Crippen molar-refractivity contribution in [1.82, 2.24) is 4.98 Å². The Morgan fingerprint density at radius 3 is 2.50 bits per heavy atom. The molecule has 190 valence electrons. The maximum Gasteiger partial charge on any atom is 0.417 e. The lowest BCUT2D eigenvalue weighted by Gasteiger charge is -2.18. The number of alkyl halides is 3. The Kier molecular flexibility index (Phi) is 6.19. The second-order valence-corrected chi connectivity index (χ2v) is 10.2. The molecule has 1 saturated carbocycles. The van der Waals surface area contributed by atoms with E-state index in [1.807, 2.05) is 6.07 Å². The maximum absolute atomic E-state index is 14.7. The smallest absolute Gasteiger partial charge is 0.417 e. The number of rotatable bonds is 8. The lowest BCUT2D eigenvalue weighted by atomic mass is 9.96. The van der Waals surface area contributed by atoms with Crippen molar-refractivity contribution in [2.75, 3.05) is 6.61 Å². The molecule has 5 rings (SSSR count). The van der Waals surface area contributed by atoms with Gasteiger partial charge in [0.25, 0.3) is 0 Å². The van der Waals surface area contributed by atoms with E-state index in [-0.39, 0.29) is 29.9 Å². The highest BCUT2D eigenvalue weighted by atomic mass is 19.4. The second-order valence-electron chi connectivity index (χ2n) is 10.2. The first-order chi connectivity index (χ1) is 17.0. The van der Waals surface area contributed by atoms with Gasteiger partial charge in [-0.25, -0.2) is 9.37 Å². The molecule has 4 nitrogen and oxygen atoms in total. The van der Waals surface area contributed by atoms with Crippen molar-refractivity contribution >= 4 is 0 Å². The maximum atomic E-state index is 14.7. The van der Waals surface area contributed by atoms with Gasteiger partial charge >= 0.3 is 6.18 Å². The number of pyridine rings is 1. The Labute approximate surface area is 206 Å². The zero-order valence-electron chi connectivity index (χ0n) is 20.0. The number of hydrogen-bond donors (Lipinski definition) is 1. The molecule has 2 aliphatic rings. The first-order valence-electron chi connectivity index (χ1n) is 11.9. The average Bonchev–Trinajstić information content (AvgIpc) is 3.48. The topological polar surface area (TPSA) is 51.6 Å². The lowest BCUT2D eigenvalue weighted by Crippen LogP contribution is -2.21. The number of fused-ring (bicyclic) bond motifs is 3. The van der Waals surface area contributed by atoms with Crippen LogP contribution >= 0.6 is 0 Å². The molecule has 8 heteroatoms. The number of benzene rings is 2. The van der Waals surface area contributed by atoms with Crippen molar-refractivity contribution in [3.05, 3.63) is 76.7 Å². The van der Waals surface area contributed by atoms with Crippen molar-refractivity contribution in [3.8, 4) is 22.8 Å². The molecule has 0 bridgehead atoms. The molecule has 1 aromatic heterocycles. The average molecular weight is 502 g/mol. The number of halogens is 4. The first-order valence-corrected chi connectivity index (χ1v) is 11.9. The van der Waals surface area contributed by atoms with E-state index in [0.29, 0.717) is 36.0 Å². The summed E-state index contributed by atoms with van der Waals surface area (Å²) in [4.78, 5) is 4.30. The van der Waals surface area contributed by atoms with Crippen LogP contribution in [0.5, 0.6) is 11.6 Å². The molecular formula is C28H27F4NO3. The highest BCUT2D eigenvalue weighted by Gasteiger charge is 2.45. The van der Waals surface area contributed by atoms with Crippen LogP contribution < -0.4 is 9.47 Å². The van der Waals surface area contributed by atoms with Crippen LogP contribution in [0.15, 0.2) is 48.7 Å². The minimum absolute atomic E-state index is 0.00801. The van der Waals surface area contributed by atoms with Gasteiger partial charge in [-0.2, -0.15) is 13.2 Å². The quantitative estimate of drug-likeness (QED) is 0.350. The monoisotopic (exact) mass is 501 g/mol. The second kappa shape index (κ2) is 9.07. The van der Waals surface area contributed by atoms with Crippen LogP contribution in [0.3, 0.4) is 0 Å². The molecule has 2 atom stereocenters. The summed E-state index contributed by atoms with van der Waals surface area (Å²) in [5, 5.41) is 9.78. The van der Waals surface area contributed by atoms with E-state index in [9.17, 15) is 22.7 Å². The van der Waals surface area contributed by atoms with Crippen molar-refractivity contribution in [2.45, 2.75) is 57.4 Å². The van der Waals surface area contributed by atoms with E-state index < -0.39 is 23.2 Å². The Hall–Kier alpha value is -3.13. The van der Waals surface area contributed by atoms with E-state index in [1.165, 1.54) is 35.7 Å². The van der Waals surface area contributed by atoms with E-state index >= 15 is 0 Å². The Balaban J connectivity index is 1.36. The van der Waals surface area contributed by atoms with Gasteiger partial charge in [-0.05, 0) is 85.0 Å². The third-order valence-electron chi connectivity index (χ3n) is 6.82. The molecular weight excluding hydrogens is 474 g/mol. The van der Waals surface area contributed by atoms with Crippen LogP contribution in [0.4, 0.5) is 17.6 Å². The molecule has 0 radical (unpaired) electrons. The van der Waals surface area contributed by atoms with Gasteiger partial charge in [-0.15, -0.1) is 0 Å². The predicted molar refractivity (Wildman–Crippen MR) is 126 cm³/mol. The molecule has 2 aromatic carbocycles. The van der Waals surface area contributed by atoms with E-state index in [0.717, 1.165) is 6.42 Å².